The van der Waals surface area contributed by atoms with Gasteiger partial charge in [0.2, 0.25) is 0 Å². The molecule has 0 fully saturated rings. The minimum absolute atomic E-state index is 0.0816. The molecule has 0 saturated heterocycles. The highest BCUT2D eigenvalue weighted by molar-refractivity contribution is 6.05. The molecule has 2 heteroatoms. The van der Waals surface area contributed by atoms with E-state index >= 15 is 0 Å². The molecule has 0 saturated carbocycles. The van der Waals surface area contributed by atoms with Crippen molar-refractivity contribution in [3.05, 3.63) is 217 Å². The summed E-state index contributed by atoms with van der Waals surface area (Å²) in [6.07, 6.45) is 0. The number of nitrogens with zero attached hydrogens (tertiary/aromatic N) is 2. The van der Waals surface area contributed by atoms with Gasteiger partial charge in [-0.05, 0) is 114 Å². The van der Waals surface area contributed by atoms with Gasteiger partial charge in [-0.15, -0.1) is 0 Å². The van der Waals surface area contributed by atoms with Crippen LogP contribution in [0.1, 0.15) is 25.0 Å². The Bertz CT molecular complexity index is 3220. The summed E-state index contributed by atoms with van der Waals surface area (Å²) in [6, 6.07) is 74.3. The van der Waals surface area contributed by atoms with Gasteiger partial charge >= 0.3 is 0 Å². The lowest BCUT2D eigenvalue weighted by Gasteiger charge is -2.22. The molecule has 1 heterocycles. The van der Waals surface area contributed by atoms with Gasteiger partial charge in [0.15, 0.2) is 5.82 Å². The number of benzene rings is 9. The van der Waals surface area contributed by atoms with Crippen molar-refractivity contribution in [3.63, 3.8) is 0 Å². The van der Waals surface area contributed by atoms with E-state index in [2.05, 4.69) is 214 Å². The van der Waals surface area contributed by atoms with Crippen molar-refractivity contribution in [2.45, 2.75) is 19.3 Å². The molecule has 0 N–H and O–H groups in total. The molecule has 0 spiro atoms. The van der Waals surface area contributed by atoms with E-state index in [1.54, 1.807) is 0 Å². The topological polar surface area (TPSA) is 25.8 Å². The molecule has 9 aromatic carbocycles. The van der Waals surface area contributed by atoms with E-state index in [0.29, 0.717) is 5.82 Å². The molecule has 1 aliphatic carbocycles. The van der Waals surface area contributed by atoms with Crippen LogP contribution in [0, 0.1) is 0 Å². The van der Waals surface area contributed by atoms with E-state index in [-0.39, 0.29) is 5.41 Å². The van der Waals surface area contributed by atoms with Crippen molar-refractivity contribution in [1.29, 1.82) is 0 Å². The van der Waals surface area contributed by atoms with Gasteiger partial charge < -0.3 is 0 Å². The standard InChI is InChI=1S/C57H40N2/c1-57(2)52-31-27-42(33-50(52)51-32-40-22-12-13-23-41(40)35-53(51)57)45-29-30-48(47-25-15-14-24-46(45)47)56-58-54(39-20-10-5-11-21-39)36-55(59-56)43-26-28-44(37-16-6-3-7-17-37)49(34-43)38-18-8-4-9-19-38/h3-36H,1-2H3. The quantitative estimate of drug-likeness (QED) is 0.169. The second-order valence-electron chi connectivity index (χ2n) is 16.2. The first-order valence-corrected chi connectivity index (χ1v) is 20.4. The monoisotopic (exact) mass is 752 g/mol. The maximum atomic E-state index is 5.39. The Morgan fingerprint density at radius 2 is 0.797 bits per heavy atom. The van der Waals surface area contributed by atoms with Crippen LogP contribution in [0.25, 0.3) is 100.0 Å². The average molecular weight is 753 g/mol. The van der Waals surface area contributed by atoms with Gasteiger partial charge in [-0.25, -0.2) is 9.97 Å². The Morgan fingerprint density at radius 1 is 0.305 bits per heavy atom. The molecule has 11 rings (SSSR count). The largest absolute Gasteiger partial charge is 0.228 e. The molecular formula is C57H40N2. The fraction of sp³-hybridized carbons (Fsp3) is 0.0526. The van der Waals surface area contributed by atoms with Crippen molar-refractivity contribution < 1.29 is 0 Å². The molecule has 0 radical (unpaired) electrons. The maximum Gasteiger partial charge on any atom is 0.161 e. The van der Waals surface area contributed by atoms with Crippen LogP contribution < -0.4 is 0 Å². The minimum Gasteiger partial charge on any atom is -0.228 e. The molecule has 278 valence electrons. The van der Waals surface area contributed by atoms with Gasteiger partial charge in [0.05, 0.1) is 11.4 Å². The van der Waals surface area contributed by atoms with Crippen molar-refractivity contribution in [1.82, 2.24) is 9.97 Å². The predicted molar refractivity (Wildman–Crippen MR) is 247 cm³/mol. The van der Waals surface area contributed by atoms with E-state index in [9.17, 15) is 0 Å². The molecule has 0 bridgehead atoms. The average Bonchev–Trinajstić information content (AvgIpc) is 3.52. The van der Waals surface area contributed by atoms with Crippen LogP contribution >= 0.6 is 0 Å². The predicted octanol–water partition coefficient (Wildman–Crippen LogP) is 15.1. The first-order chi connectivity index (χ1) is 29.0. The Morgan fingerprint density at radius 3 is 1.49 bits per heavy atom. The highest BCUT2D eigenvalue weighted by Gasteiger charge is 2.36. The van der Waals surface area contributed by atoms with E-state index in [1.807, 2.05) is 6.07 Å². The fourth-order valence-corrected chi connectivity index (χ4v) is 9.25. The Labute approximate surface area is 345 Å². The molecule has 0 aliphatic heterocycles. The summed E-state index contributed by atoms with van der Waals surface area (Å²) in [7, 11) is 0. The SMILES string of the molecule is CC1(C)c2ccc(-c3ccc(-c4nc(-c5ccccc5)cc(-c5ccc(-c6ccccc6)c(-c6ccccc6)c5)n4)c4ccccc34)cc2-c2cc3ccccc3cc21. The summed E-state index contributed by atoms with van der Waals surface area (Å²) in [6.45, 7) is 4.71. The van der Waals surface area contributed by atoms with Crippen molar-refractivity contribution in [3.8, 4) is 78.4 Å². The number of hydrogen-bond acceptors (Lipinski definition) is 2. The van der Waals surface area contributed by atoms with E-state index in [0.717, 1.165) is 33.5 Å². The van der Waals surface area contributed by atoms with Gasteiger partial charge in [0, 0.05) is 22.1 Å². The minimum atomic E-state index is -0.0816. The second-order valence-corrected chi connectivity index (χ2v) is 16.2. The highest BCUT2D eigenvalue weighted by atomic mass is 14.9. The van der Waals surface area contributed by atoms with Crippen LogP contribution in [-0.4, -0.2) is 9.97 Å². The zero-order valence-corrected chi connectivity index (χ0v) is 33.0. The van der Waals surface area contributed by atoms with E-state index in [1.165, 1.54) is 71.8 Å². The van der Waals surface area contributed by atoms with Crippen molar-refractivity contribution in [2.24, 2.45) is 0 Å². The molecule has 0 unspecified atom stereocenters. The number of hydrogen-bond donors (Lipinski definition) is 0. The van der Waals surface area contributed by atoms with Gasteiger partial charge in [-0.1, -0.05) is 184 Å². The lowest BCUT2D eigenvalue weighted by molar-refractivity contribution is 0.661. The molecule has 10 aromatic rings. The third kappa shape index (κ3) is 5.96. The fourth-order valence-electron chi connectivity index (χ4n) is 9.25. The van der Waals surface area contributed by atoms with Crippen LogP contribution in [-0.2, 0) is 5.41 Å². The van der Waals surface area contributed by atoms with Gasteiger partial charge in [0.25, 0.3) is 0 Å². The molecule has 59 heavy (non-hydrogen) atoms. The molecule has 1 aliphatic rings. The smallest absolute Gasteiger partial charge is 0.161 e. The number of fused-ring (bicyclic) bond motifs is 5. The van der Waals surface area contributed by atoms with Gasteiger partial charge in [0.1, 0.15) is 0 Å². The molecule has 0 atom stereocenters. The van der Waals surface area contributed by atoms with Crippen molar-refractivity contribution in [2.75, 3.05) is 0 Å². The number of rotatable bonds is 6. The Balaban J connectivity index is 1.07. The summed E-state index contributed by atoms with van der Waals surface area (Å²) in [4.78, 5) is 10.7. The first kappa shape index (κ1) is 34.8. The molecule has 0 amide bonds. The first-order valence-electron chi connectivity index (χ1n) is 20.4. The van der Waals surface area contributed by atoms with E-state index < -0.39 is 0 Å². The number of aromatic nitrogens is 2. The van der Waals surface area contributed by atoms with Crippen LogP contribution in [0.3, 0.4) is 0 Å². The second kappa shape index (κ2) is 13.9. The van der Waals surface area contributed by atoms with Gasteiger partial charge in [-0.3, -0.25) is 0 Å². The molecular weight excluding hydrogens is 713 g/mol. The zero-order valence-electron chi connectivity index (χ0n) is 33.0. The van der Waals surface area contributed by atoms with Crippen molar-refractivity contribution >= 4 is 21.5 Å². The molecule has 2 nitrogen and oxygen atoms in total. The van der Waals surface area contributed by atoms with Gasteiger partial charge in [-0.2, -0.15) is 0 Å². The lowest BCUT2D eigenvalue weighted by atomic mass is 9.81. The summed E-state index contributed by atoms with van der Waals surface area (Å²) in [5.41, 5.74) is 17.3. The van der Waals surface area contributed by atoms with Crippen LogP contribution in [0.4, 0.5) is 0 Å². The maximum absolute atomic E-state index is 5.39. The third-order valence-corrected chi connectivity index (χ3v) is 12.3. The molecule has 1 aromatic heterocycles. The Kier molecular flexibility index (Phi) is 8.20. The van der Waals surface area contributed by atoms with Crippen LogP contribution in [0.5, 0.6) is 0 Å². The normalized spacial score (nSPS) is 12.7. The van der Waals surface area contributed by atoms with Crippen LogP contribution in [0.15, 0.2) is 206 Å². The summed E-state index contributed by atoms with van der Waals surface area (Å²) in [5, 5.41) is 4.86. The lowest BCUT2D eigenvalue weighted by Crippen LogP contribution is -2.14. The highest BCUT2D eigenvalue weighted by Crippen LogP contribution is 2.51. The van der Waals surface area contributed by atoms with E-state index in [4.69, 9.17) is 9.97 Å². The summed E-state index contributed by atoms with van der Waals surface area (Å²) in [5.74, 6) is 0.703. The third-order valence-electron chi connectivity index (χ3n) is 12.3. The zero-order chi connectivity index (χ0) is 39.5. The van der Waals surface area contributed by atoms with Crippen LogP contribution in [0.2, 0.25) is 0 Å². The Hall–Kier alpha value is -7.42. The summed E-state index contributed by atoms with van der Waals surface area (Å²) >= 11 is 0. The summed E-state index contributed by atoms with van der Waals surface area (Å²) < 4.78 is 0.